The monoisotopic (exact) mass is 524 g/mol. The molecule has 7 nitrogen and oxygen atoms in total. The minimum absolute atomic E-state index is 0.0502. The Bertz CT molecular complexity index is 1240. The number of carbonyl (C=O) groups excluding carboxylic acids is 1. The van der Waals surface area contributed by atoms with E-state index in [9.17, 15) is 22.4 Å². The highest BCUT2D eigenvalue weighted by atomic mass is 35.5. The summed E-state index contributed by atoms with van der Waals surface area (Å²) in [6, 6.07) is 5.39. The third-order valence-corrected chi connectivity index (χ3v) is 8.79. The van der Waals surface area contributed by atoms with Gasteiger partial charge in [0.1, 0.15) is 0 Å². The van der Waals surface area contributed by atoms with Gasteiger partial charge in [-0.15, -0.1) is 10.2 Å². The van der Waals surface area contributed by atoms with Crippen molar-refractivity contribution in [1.82, 2.24) is 24.6 Å². The number of hydrogen-bond acceptors (Lipinski definition) is 5. The number of halogens is 5. The lowest BCUT2D eigenvalue weighted by molar-refractivity contribution is -0.207. The van der Waals surface area contributed by atoms with Crippen LogP contribution in [0.1, 0.15) is 37.1 Å². The molecule has 1 amide bonds. The van der Waals surface area contributed by atoms with Gasteiger partial charge in [-0.1, -0.05) is 11.6 Å². The normalized spacial score (nSPS) is 27.9. The number of likely N-dealkylation sites (tertiary alicyclic amines) is 1. The van der Waals surface area contributed by atoms with Gasteiger partial charge in [0.25, 0.3) is 5.91 Å². The zero-order chi connectivity index (χ0) is 25.0. The van der Waals surface area contributed by atoms with E-state index in [4.69, 9.17) is 11.6 Å². The van der Waals surface area contributed by atoms with E-state index in [0.29, 0.717) is 68.9 Å². The molecule has 4 fully saturated rings. The van der Waals surface area contributed by atoms with Gasteiger partial charge in [0, 0.05) is 49.2 Å². The van der Waals surface area contributed by atoms with E-state index in [2.05, 4.69) is 15.1 Å². The molecule has 1 spiro atoms. The maximum absolute atomic E-state index is 14.1. The number of nitrogens with zero attached hydrogens (tertiary/aromatic N) is 6. The number of alkyl halides is 4. The standard InChI is InChI=1S/C24H25ClF4N6O/c25-16-1-2-18-14(5-16)8-32(17-6-15(7-17)24(27,28)29)9-19-30-31-21(35(18)19)34-12-22(13-34)10-33(11-22)20(36)23(26)3-4-23/h1-2,5,15,17H,3-4,6-13H2. The number of benzene rings is 1. The minimum atomic E-state index is -4.16. The third-order valence-electron chi connectivity index (χ3n) is 8.55. The molecule has 0 radical (unpaired) electrons. The Hall–Kier alpha value is -2.40. The fraction of sp³-hybridized carbons (Fsp3) is 0.625. The van der Waals surface area contributed by atoms with E-state index in [0.717, 1.165) is 11.3 Å². The summed E-state index contributed by atoms with van der Waals surface area (Å²) >= 11 is 6.29. The molecule has 0 unspecified atom stereocenters. The first-order valence-corrected chi connectivity index (χ1v) is 12.7. The predicted molar refractivity (Wildman–Crippen MR) is 122 cm³/mol. The van der Waals surface area contributed by atoms with Crippen molar-refractivity contribution in [2.45, 2.75) is 56.7 Å². The number of rotatable bonds is 3. The average molecular weight is 525 g/mol. The summed E-state index contributed by atoms with van der Waals surface area (Å²) in [7, 11) is 0. The van der Waals surface area contributed by atoms with Gasteiger partial charge in [-0.2, -0.15) is 13.2 Å². The zero-order valence-electron chi connectivity index (χ0n) is 19.4. The minimum Gasteiger partial charge on any atom is -0.339 e. The van der Waals surface area contributed by atoms with Gasteiger partial charge in [-0.25, -0.2) is 4.39 Å². The van der Waals surface area contributed by atoms with Gasteiger partial charge in [0.2, 0.25) is 5.95 Å². The molecular weight excluding hydrogens is 500 g/mol. The van der Waals surface area contributed by atoms with Crippen LogP contribution in [0.4, 0.5) is 23.5 Å². The Balaban J connectivity index is 1.11. The Morgan fingerprint density at radius 1 is 1.06 bits per heavy atom. The molecule has 36 heavy (non-hydrogen) atoms. The van der Waals surface area contributed by atoms with E-state index in [1.807, 2.05) is 21.6 Å². The molecule has 3 aliphatic heterocycles. The second-order valence-electron chi connectivity index (χ2n) is 11.3. The lowest BCUT2D eigenvalue weighted by atomic mass is 9.72. The number of anilines is 1. The molecule has 2 saturated heterocycles. The second kappa shape index (κ2) is 7.34. The molecule has 12 heteroatoms. The van der Waals surface area contributed by atoms with Crippen molar-refractivity contribution in [3.8, 4) is 5.69 Å². The maximum atomic E-state index is 14.1. The van der Waals surface area contributed by atoms with E-state index < -0.39 is 17.8 Å². The highest BCUT2D eigenvalue weighted by molar-refractivity contribution is 6.30. The molecule has 2 aromatic rings. The largest absolute Gasteiger partial charge is 0.391 e. The highest BCUT2D eigenvalue weighted by Crippen LogP contribution is 2.48. The van der Waals surface area contributed by atoms with Gasteiger partial charge in [0.15, 0.2) is 11.5 Å². The Morgan fingerprint density at radius 3 is 2.44 bits per heavy atom. The highest BCUT2D eigenvalue weighted by Gasteiger charge is 2.60. The van der Waals surface area contributed by atoms with Crippen LogP contribution in [0.5, 0.6) is 0 Å². The molecule has 1 aromatic heterocycles. The van der Waals surface area contributed by atoms with Gasteiger partial charge in [0.05, 0.1) is 18.2 Å². The topological polar surface area (TPSA) is 57.5 Å². The molecule has 4 heterocycles. The van der Waals surface area contributed by atoms with Crippen LogP contribution in [0.3, 0.4) is 0 Å². The molecule has 1 aromatic carbocycles. The summed E-state index contributed by atoms with van der Waals surface area (Å²) in [4.78, 5) is 18.0. The molecule has 0 N–H and O–H groups in total. The summed E-state index contributed by atoms with van der Waals surface area (Å²) in [6.07, 6.45) is -3.33. The van der Waals surface area contributed by atoms with E-state index in [1.54, 1.807) is 11.0 Å². The molecule has 7 rings (SSSR count). The summed E-state index contributed by atoms with van der Waals surface area (Å²) in [5, 5.41) is 9.46. The van der Waals surface area contributed by atoms with Crippen molar-refractivity contribution in [2.75, 3.05) is 31.1 Å². The number of carbonyl (C=O) groups is 1. The van der Waals surface area contributed by atoms with Gasteiger partial charge in [-0.05, 0) is 49.4 Å². The lowest BCUT2D eigenvalue weighted by Crippen LogP contribution is -2.74. The van der Waals surface area contributed by atoms with Crippen LogP contribution in [0.15, 0.2) is 18.2 Å². The first-order chi connectivity index (χ1) is 17.0. The van der Waals surface area contributed by atoms with E-state index in [-0.39, 0.29) is 30.2 Å². The Kier molecular flexibility index (Phi) is 4.64. The van der Waals surface area contributed by atoms with Gasteiger partial charge in [-0.3, -0.25) is 14.3 Å². The SMILES string of the molecule is O=C(N1CC2(C1)CN(c1nnc3n1-c1ccc(Cl)cc1CN(C1CC(C(F)(F)F)C1)C3)C2)C1(F)CC1. The van der Waals surface area contributed by atoms with Crippen molar-refractivity contribution in [1.29, 1.82) is 0 Å². The molecule has 192 valence electrons. The first-order valence-electron chi connectivity index (χ1n) is 12.3. The summed E-state index contributed by atoms with van der Waals surface area (Å²) in [5.74, 6) is -0.272. The fourth-order valence-electron chi connectivity index (χ4n) is 6.25. The quantitative estimate of drug-likeness (QED) is 0.573. The lowest BCUT2D eigenvalue weighted by Gasteiger charge is -2.60. The molecule has 2 saturated carbocycles. The maximum Gasteiger partial charge on any atom is 0.391 e. The summed E-state index contributed by atoms with van der Waals surface area (Å²) in [5.41, 5.74) is 0.118. The van der Waals surface area contributed by atoms with Crippen LogP contribution in [0.25, 0.3) is 5.69 Å². The second-order valence-corrected chi connectivity index (χ2v) is 11.7. The van der Waals surface area contributed by atoms with Crippen LogP contribution < -0.4 is 4.90 Å². The molecule has 5 aliphatic rings. The van der Waals surface area contributed by atoms with Crippen molar-refractivity contribution in [3.05, 3.63) is 34.6 Å². The van der Waals surface area contributed by atoms with Crippen molar-refractivity contribution < 1.29 is 22.4 Å². The predicted octanol–water partition coefficient (Wildman–Crippen LogP) is 3.73. The average Bonchev–Trinajstić information content (AvgIpc) is 3.37. The van der Waals surface area contributed by atoms with Crippen LogP contribution in [-0.2, 0) is 17.9 Å². The van der Waals surface area contributed by atoms with E-state index >= 15 is 0 Å². The van der Waals surface area contributed by atoms with Crippen molar-refractivity contribution >= 4 is 23.5 Å². The summed E-state index contributed by atoms with van der Waals surface area (Å²) < 4.78 is 55.5. The molecule has 0 bridgehead atoms. The zero-order valence-corrected chi connectivity index (χ0v) is 20.2. The number of hydrogen-bond donors (Lipinski definition) is 0. The first kappa shape index (κ1) is 22.8. The Morgan fingerprint density at radius 2 is 1.78 bits per heavy atom. The molecule has 2 aliphatic carbocycles. The molecule has 0 atom stereocenters. The number of amides is 1. The number of aromatic nitrogens is 3. The summed E-state index contributed by atoms with van der Waals surface area (Å²) in [6.45, 7) is 3.37. The number of fused-ring (bicyclic) bond motifs is 3. The van der Waals surface area contributed by atoms with Crippen LogP contribution in [0, 0.1) is 11.3 Å². The van der Waals surface area contributed by atoms with Crippen molar-refractivity contribution in [3.63, 3.8) is 0 Å². The van der Waals surface area contributed by atoms with E-state index in [1.165, 1.54) is 0 Å². The van der Waals surface area contributed by atoms with Gasteiger partial charge >= 0.3 is 6.18 Å². The third kappa shape index (κ3) is 3.45. The van der Waals surface area contributed by atoms with Crippen LogP contribution in [-0.4, -0.2) is 74.5 Å². The van der Waals surface area contributed by atoms with Gasteiger partial charge < -0.3 is 9.80 Å². The fourth-order valence-corrected chi connectivity index (χ4v) is 6.44. The van der Waals surface area contributed by atoms with Crippen LogP contribution >= 0.6 is 11.6 Å². The Labute approximate surface area is 210 Å². The smallest absolute Gasteiger partial charge is 0.339 e. The molecular formula is C24H25ClF4N6O. The van der Waals surface area contributed by atoms with Crippen molar-refractivity contribution in [2.24, 2.45) is 11.3 Å². The van der Waals surface area contributed by atoms with Crippen LogP contribution in [0.2, 0.25) is 5.02 Å².